The van der Waals surface area contributed by atoms with Crippen molar-refractivity contribution in [3.63, 3.8) is 0 Å². The summed E-state index contributed by atoms with van der Waals surface area (Å²) in [5.74, 6) is -0.764. The highest BCUT2D eigenvalue weighted by Gasteiger charge is 2.31. The Morgan fingerprint density at radius 2 is 1.93 bits per heavy atom. The van der Waals surface area contributed by atoms with Crippen LogP contribution in [0, 0.1) is 6.92 Å². The number of benzene rings is 1. The Kier molecular flexibility index (Phi) is 5.99. The number of carbonyl (C=O) groups is 3. The van der Waals surface area contributed by atoms with Gasteiger partial charge < -0.3 is 19.7 Å². The van der Waals surface area contributed by atoms with E-state index in [1.165, 1.54) is 18.4 Å². The Labute approximate surface area is 167 Å². The second-order valence-electron chi connectivity index (χ2n) is 6.39. The Balaban J connectivity index is 1.92. The number of hydrogen-bond donors (Lipinski definition) is 1. The van der Waals surface area contributed by atoms with Crippen molar-refractivity contribution in [1.82, 2.24) is 4.90 Å². The summed E-state index contributed by atoms with van der Waals surface area (Å²) < 4.78 is 9.99. The van der Waals surface area contributed by atoms with Crippen LogP contribution < -0.4 is 5.32 Å². The van der Waals surface area contributed by atoms with Crippen LogP contribution >= 0.6 is 11.3 Å². The van der Waals surface area contributed by atoms with Gasteiger partial charge in [0.05, 0.1) is 25.8 Å². The van der Waals surface area contributed by atoms with Crippen LogP contribution in [0.2, 0.25) is 0 Å². The van der Waals surface area contributed by atoms with E-state index < -0.39 is 12.1 Å². The molecule has 148 valence electrons. The highest BCUT2D eigenvalue weighted by atomic mass is 32.1. The van der Waals surface area contributed by atoms with Crippen LogP contribution in [0.1, 0.15) is 43.6 Å². The average Bonchev–Trinajstić information content (AvgIpc) is 3.04. The van der Waals surface area contributed by atoms with Gasteiger partial charge in [0.2, 0.25) is 0 Å². The maximum absolute atomic E-state index is 12.6. The molecule has 7 nitrogen and oxygen atoms in total. The Bertz CT molecular complexity index is 904. The normalized spacial score (nSPS) is 12.9. The SMILES string of the molecule is CCOC(=O)c1c(NC(=O)c2ccc(C)cc2)sc2c1CCN(C(=O)OC)C2. The lowest BCUT2D eigenvalue weighted by Crippen LogP contribution is -2.35. The Hall–Kier alpha value is -2.87. The van der Waals surface area contributed by atoms with E-state index in [0.29, 0.717) is 35.6 Å². The van der Waals surface area contributed by atoms with Gasteiger partial charge in [0.25, 0.3) is 5.91 Å². The van der Waals surface area contributed by atoms with Crippen LogP contribution in [-0.4, -0.2) is 43.1 Å². The first-order chi connectivity index (χ1) is 13.4. The zero-order valence-electron chi connectivity index (χ0n) is 16.0. The molecular weight excluding hydrogens is 380 g/mol. The number of rotatable bonds is 4. The van der Waals surface area contributed by atoms with E-state index >= 15 is 0 Å². The zero-order chi connectivity index (χ0) is 20.3. The number of carbonyl (C=O) groups excluding carboxylic acids is 3. The Morgan fingerprint density at radius 3 is 2.57 bits per heavy atom. The first-order valence-corrected chi connectivity index (χ1v) is 9.78. The van der Waals surface area contributed by atoms with Crippen LogP contribution in [0.25, 0.3) is 0 Å². The highest BCUT2D eigenvalue weighted by Crippen LogP contribution is 2.38. The molecule has 2 amide bonds. The molecule has 1 aliphatic heterocycles. The van der Waals surface area contributed by atoms with Crippen molar-refractivity contribution < 1.29 is 23.9 Å². The van der Waals surface area contributed by atoms with Gasteiger partial charge in [-0.2, -0.15) is 0 Å². The third-order valence-corrected chi connectivity index (χ3v) is 5.64. The van der Waals surface area contributed by atoms with E-state index in [1.807, 2.05) is 19.1 Å². The number of nitrogens with one attached hydrogen (secondary N) is 1. The zero-order valence-corrected chi connectivity index (χ0v) is 16.9. The minimum absolute atomic E-state index is 0.239. The van der Waals surface area contributed by atoms with E-state index in [9.17, 15) is 14.4 Å². The van der Waals surface area contributed by atoms with Crippen LogP contribution in [0.15, 0.2) is 24.3 Å². The predicted octanol–water partition coefficient (Wildman–Crippen LogP) is 3.61. The smallest absolute Gasteiger partial charge is 0.409 e. The molecule has 1 aromatic heterocycles. The van der Waals surface area contributed by atoms with Crippen molar-refractivity contribution >= 4 is 34.3 Å². The first-order valence-electron chi connectivity index (χ1n) is 8.97. The minimum atomic E-state index is -0.467. The summed E-state index contributed by atoms with van der Waals surface area (Å²) in [7, 11) is 1.34. The molecule has 0 saturated carbocycles. The lowest BCUT2D eigenvalue weighted by atomic mass is 10.0. The summed E-state index contributed by atoms with van der Waals surface area (Å²) in [5, 5.41) is 3.29. The molecular formula is C20H22N2O5S. The molecule has 2 heterocycles. The summed E-state index contributed by atoms with van der Waals surface area (Å²) in [6, 6.07) is 7.19. The third kappa shape index (κ3) is 4.01. The molecule has 0 radical (unpaired) electrons. The number of aryl methyl sites for hydroxylation is 1. The maximum atomic E-state index is 12.6. The predicted molar refractivity (Wildman–Crippen MR) is 106 cm³/mol. The summed E-state index contributed by atoms with van der Waals surface area (Å²) in [4.78, 5) is 39.5. The molecule has 0 bridgehead atoms. The largest absolute Gasteiger partial charge is 0.462 e. The molecule has 2 aromatic rings. The van der Waals surface area contributed by atoms with Crippen molar-refractivity contribution in [3.8, 4) is 0 Å². The molecule has 1 aliphatic rings. The van der Waals surface area contributed by atoms with E-state index in [-0.39, 0.29) is 12.5 Å². The van der Waals surface area contributed by atoms with Crippen molar-refractivity contribution in [1.29, 1.82) is 0 Å². The summed E-state index contributed by atoms with van der Waals surface area (Å²) in [6.45, 7) is 4.69. The lowest BCUT2D eigenvalue weighted by molar-refractivity contribution is 0.0526. The van der Waals surface area contributed by atoms with Crippen LogP contribution in [-0.2, 0) is 22.4 Å². The second kappa shape index (κ2) is 8.43. The fraction of sp³-hybridized carbons (Fsp3) is 0.350. The number of anilines is 1. The van der Waals surface area contributed by atoms with Gasteiger partial charge in [0, 0.05) is 17.0 Å². The number of fused-ring (bicyclic) bond motifs is 1. The number of thiophene rings is 1. The molecule has 28 heavy (non-hydrogen) atoms. The molecule has 0 fully saturated rings. The van der Waals surface area contributed by atoms with E-state index in [2.05, 4.69) is 5.32 Å². The van der Waals surface area contributed by atoms with E-state index in [4.69, 9.17) is 9.47 Å². The number of nitrogens with zero attached hydrogens (tertiary/aromatic N) is 1. The van der Waals surface area contributed by atoms with Gasteiger partial charge in [-0.15, -0.1) is 11.3 Å². The van der Waals surface area contributed by atoms with Gasteiger partial charge in [0.1, 0.15) is 5.00 Å². The highest BCUT2D eigenvalue weighted by molar-refractivity contribution is 7.17. The summed E-state index contributed by atoms with van der Waals surface area (Å²) in [5.41, 5.74) is 2.76. The second-order valence-corrected chi connectivity index (χ2v) is 7.50. The molecule has 8 heteroatoms. The summed E-state index contributed by atoms with van der Waals surface area (Å²) in [6.07, 6.45) is 0.0807. The number of amides is 2. The minimum Gasteiger partial charge on any atom is -0.462 e. The van der Waals surface area contributed by atoms with Gasteiger partial charge in [-0.1, -0.05) is 17.7 Å². The molecule has 0 atom stereocenters. The van der Waals surface area contributed by atoms with Crippen molar-refractivity contribution in [3.05, 3.63) is 51.4 Å². The van der Waals surface area contributed by atoms with Crippen LogP contribution in [0.4, 0.5) is 9.80 Å². The monoisotopic (exact) mass is 402 g/mol. The number of esters is 1. The molecule has 0 unspecified atom stereocenters. The Morgan fingerprint density at radius 1 is 1.21 bits per heavy atom. The van der Waals surface area contributed by atoms with Gasteiger partial charge >= 0.3 is 12.1 Å². The van der Waals surface area contributed by atoms with Crippen LogP contribution in [0.3, 0.4) is 0 Å². The summed E-state index contributed by atoms with van der Waals surface area (Å²) >= 11 is 1.29. The maximum Gasteiger partial charge on any atom is 0.409 e. The van der Waals surface area contributed by atoms with E-state index in [0.717, 1.165) is 16.0 Å². The van der Waals surface area contributed by atoms with Crippen LogP contribution in [0.5, 0.6) is 0 Å². The fourth-order valence-electron chi connectivity index (χ4n) is 3.08. The number of hydrogen-bond acceptors (Lipinski definition) is 6. The quantitative estimate of drug-likeness (QED) is 0.790. The fourth-order valence-corrected chi connectivity index (χ4v) is 4.32. The topological polar surface area (TPSA) is 84.9 Å². The first kappa shape index (κ1) is 19.9. The molecule has 0 spiro atoms. The number of ether oxygens (including phenoxy) is 2. The molecule has 0 saturated heterocycles. The van der Waals surface area contributed by atoms with Crippen molar-refractivity contribution in [2.24, 2.45) is 0 Å². The molecule has 0 aliphatic carbocycles. The lowest BCUT2D eigenvalue weighted by Gasteiger charge is -2.25. The molecule has 1 aromatic carbocycles. The van der Waals surface area contributed by atoms with Crippen molar-refractivity contribution in [2.45, 2.75) is 26.8 Å². The molecule has 3 rings (SSSR count). The van der Waals surface area contributed by atoms with Gasteiger partial charge in [0.15, 0.2) is 0 Å². The number of methoxy groups -OCH3 is 1. The van der Waals surface area contributed by atoms with E-state index in [1.54, 1.807) is 24.0 Å². The van der Waals surface area contributed by atoms with Gasteiger partial charge in [-0.25, -0.2) is 9.59 Å². The third-order valence-electron chi connectivity index (χ3n) is 4.51. The standard InChI is InChI=1S/C20H22N2O5S/c1-4-27-19(24)16-14-9-10-22(20(25)26-3)11-15(14)28-18(16)21-17(23)13-7-5-12(2)6-8-13/h5-8H,4,9-11H2,1-3H3,(H,21,23). The average molecular weight is 402 g/mol. The van der Waals surface area contributed by atoms with Gasteiger partial charge in [-0.05, 0) is 38.0 Å². The van der Waals surface area contributed by atoms with Crippen molar-refractivity contribution in [2.75, 3.05) is 25.6 Å². The molecule has 1 N–H and O–H groups in total. The van der Waals surface area contributed by atoms with Gasteiger partial charge in [-0.3, -0.25) is 4.79 Å².